The van der Waals surface area contributed by atoms with E-state index in [4.69, 9.17) is 28.4 Å². The lowest BCUT2D eigenvalue weighted by Crippen LogP contribution is -2.29. The minimum atomic E-state index is -0.408. The highest BCUT2D eigenvalue weighted by Crippen LogP contribution is 2.35. The van der Waals surface area contributed by atoms with E-state index >= 15 is 0 Å². The summed E-state index contributed by atoms with van der Waals surface area (Å²) < 4.78 is 34.5. The fourth-order valence-corrected chi connectivity index (χ4v) is 10.4. The Hall–Kier alpha value is -7.46. The van der Waals surface area contributed by atoms with E-state index in [2.05, 4.69) is 28.7 Å². The topological polar surface area (TPSA) is 195 Å². The van der Waals surface area contributed by atoms with Crippen molar-refractivity contribution in [1.29, 1.82) is 0 Å². The van der Waals surface area contributed by atoms with Crippen LogP contribution in [0.5, 0.6) is 23.0 Å². The minimum absolute atomic E-state index is 0.0746. The number of unbranched alkanes of at least 4 members (excludes halogenated alkanes) is 6. The van der Waals surface area contributed by atoms with Crippen LogP contribution in [0.1, 0.15) is 119 Å². The zero-order valence-electron chi connectivity index (χ0n) is 44.4. The zero-order chi connectivity index (χ0) is 54.9. The van der Waals surface area contributed by atoms with Gasteiger partial charge in [-0.3, -0.25) is 24.6 Å². The van der Waals surface area contributed by atoms with Crippen LogP contribution in [0.25, 0.3) is 10.2 Å². The van der Waals surface area contributed by atoms with Gasteiger partial charge in [-0.15, -0.1) is 0 Å². The van der Waals surface area contributed by atoms with Crippen molar-refractivity contribution < 1.29 is 57.2 Å². The van der Waals surface area contributed by atoms with Crippen molar-refractivity contribution in [3.8, 4) is 23.0 Å². The zero-order valence-corrected chi connectivity index (χ0v) is 45.2. The van der Waals surface area contributed by atoms with Crippen LogP contribution in [0.2, 0.25) is 0 Å². The number of carbonyl (C=O) groups excluding carboxylic acids is 6. The van der Waals surface area contributed by atoms with Crippen LogP contribution >= 0.6 is 11.3 Å². The molecule has 7 rings (SSSR count). The van der Waals surface area contributed by atoms with E-state index in [0.29, 0.717) is 112 Å². The number of para-hydroxylation sites is 1. The number of ether oxygens (including phenoxy) is 6. The summed E-state index contributed by atoms with van der Waals surface area (Å²) in [6, 6.07) is 27.8. The molecule has 15 nitrogen and oxygen atoms in total. The second-order valence-corrected chi connectivity index (χ2v) is 20.9. The van der Waals surface area contributed by atoms with Crippen molar-refractivity contribution in [3.05, 3.63) is 133 Å². The summed E-state index contributed by atoms with van der Waals surface area (Å²) in [5.41, 5.74) is 6.04. The van der Waals surface area contributed by atoms with Gasteiger partial charge in [-0.25, -0.2) is 14.6 Å². The highest BCUT2D eigenvalue weighted by Gasteiger charge is 2.33. The van der Waals surface area contributed by atoms with Crippen LogP contribution in [-0.2, 0) is 51.1 Å². The molecular formula is C62H71N3O12S. The molecule has 0 radical (unpaired) electrons. The smallest absolute Gasteiger partial charge is 0.330 e. The summed E-state index contributed by atoms with van der Waals surface area (Å²) >= 11 is 1.46. The molecule has 412 valence electrons. The Labute approximate surface area is 460 Å². The third kappa shape index (κ3) is 18.9. The molecule has 2 fully saturated rings. The molecule has 78 heavy (non-hydrogen) atoms. The van der Waals surface area contributed by atoms with E-state index in [1.807, 2.05) is 54.6 Å². The monoisotopic (exact) mass is 1080 g/mol. The molecule has 0 saturated heterocycles. The van der Waals surface area contributed by atoms with E-state index in [0.717, 1.165) is 90.6 Å². The summed E-state index contributed by atoms with van der Waals surface area (Å²) in [5, 5.41) is 5.06. The van der Waals surface area contributed by atoms with Crippen molar-refractivity contribution in [2.75, 3.05) is 31.9 Å². The first-order valence-electron chi connectivity index (χ1n) is 27.3. The number of ketones is 2. The molecule has 1 N–H and O–H groups in total. The number of esters is 4. The van der Waals surface area contributed by atoms with Gasteiger partial charge < -0.3 is 28.4 Å². The molecule has 5 aromatic rings. The highest BCUT2D eigenvalue weighted by atomic mass is 32.1. The molecule has 2 saturated carbocycles. The number of nitrogens with zero attached hydrogens (tertiary/aromatic N) is 2. The van der Waals surface area contributed by atoms with Crippen molar-refractivity contribution >= 4 is 68.3 Å². The van der Waals surface area contributed by atoms with Crippen LogP contribution in [-0.4, -0.2) is 73.1 Å². The molecule has 2 aliphatic carbocycles. The second kappa shape index (κ2) is 31.1. The first-order valence-corrected chi connectivity index (χ1v) is 28.1. The Balaban J connectivity index is 0.852. The van der Waals surface area contributed by atoms with Gasteiger partial charge in [0, 0.05) is 42.4 Å². The second-order valence-electron chi connectivity index (χ2n) is 19.8. The molecule has 0 amide bonds. The molecule has 0 bridgehead atoms. The number of hydrogen-bond acceptors (Lipinski definition) is 16. The first kappa shape index (κ1) is 58.2. The Bertz CT molecular complexity index is 2790. The van der Waals surface area contributed by atoms with Crippen molar-refractivity contribution in [2.45, 2.75) is 116 Å². The van der Waals surface area contributed by atoms with Crippen molar-refractivity contribution in [3.63, 3.8) is 0 Å². The number of Topliss-reactive ketones (excluding diaryl/α,β-unsaturated/α-hetero) is 2. The lowest BCUT2D eigenvalue weighted by atomic mass is 9.79. The number of hydrazone groups is 1. The number of carbonyl (C=O) groups is 6. The standard InChI is InChI=1S/C62H71N3O12S/c1-3-58(68)74-37-13-7-5-11-35-72-50-28-17-43(18-29-50)40-54(66)45-22-26-48(27-23-45)61(71)77-56-34-19-44(39-49(56)42-63-65-62-64-53-15-9-10-16-57(53)78-62)41-55(67)46-20-24-47(25-21-46)60(70)76-52-32-30-51(31-33-52)73-36-12-6-8-14-38-75-59(69)4-2/h3-4,9-10,15-19,28-34,39,42,45-48H,1-2,5-8,11-14,20-27,35-38,40-41H2,(H,64,65)/b63-42+/t45-,46-,47-,48-. The molecule has 0 atom stereocenters. The summed E-state index contributed by atoms with van der Waals surface area (Å²) in [6.07, 6.45) is 15.9. The lowest BCUT2D eigenvalue weighted by molar-refractivity contribution is -0.141. The molecule has 0 unspecified atom stereocenters. The summed E-state index contributed by atoms with van der Waals surface area (Å²) in [7, 11) is 0. The van der Waals surface area contributed by atoms with E-state index in [1.165, 1.54) is 11.3 Å². The number of benzene rings is 4. The van der Waals surface area contributed by atoms with Crippen LogP contribution < -0.4 is 24.4 Å². The van der Waals surface area contributed by atoms with E-state index in [9.17, 15) is 28.8 Å². The predicted molar refractivity (Wildman–Crippen MR) is 300 cm³/mol. The number of fused-ring (bicyclic) bond motifs is 1. The van der Waals surface area contributed by atoms with Crippen LogP contribution in [0, 0.1) is 23.7 Å². The average molecular weight is 1080 g/mol. The molecule has 1 aromatic heterocycles. The molecular weight excluding hydrogens is 1010 g/mol. The van der Waals surface area contributed by atoms with E-state index in [1.54, 1.807) is 42.6 Å². The van der Waals surface area contributed by atoms with Gasteiger partial charge in [-0.05, 0) is 175 Å². The number of anilines is 1. The van der Waals surface area contributed by atoms with Gasteiger partial charge in [-0.2, -0.15) is 5.10 Å². The lowest BCUT2D eigenvalue weighted by Gasteiger charge is -2.27. The normalized spacial score (nSPS) is 17.1. The van der Waals surface area contributed by atoms with Crippen LogP contribution in [0.3, 0.4) is 0 Å². The molecule has 2 aliphatic rings. The van der Waals surface area contributed by atoms with Crippen LogP contribution in [0.4, 0.5) is 5.13 Å². The fourth-order valence-electron chi connectivity index (χ4n) is 9.63. The van der Waals surface area contributed by atoms with Crippen molar-refractivity contribution in [2.24, 2.45) is 28.8 Å². The molecule has 0 aliphatic heterocycles. The Morgan fingerprint density at radius 3 is 1.58 bits per heavy atom. The van der Waals surface area contributed by atoms with Gasteiger partial charge in [0.05, 0.1) is 54.7 Å². The Kier molecular flexibility index (Phi) is 23.2. The number of hydrogen-bond donors (Lipinski definition) is 1. The maximum atomic E-state index is 13.8. The van der Waals surface area contributed by atoms with Crippen LogP contribution in [0.15, 0.2) is 121 Å². The molecule has 4 aromatic carbocycles. The number of nitrogens with one attached hydrogen (secondary N) is 1. The van der Waals surface area contributed by atoms with Gasteiger partial charge in [0.25, 0.3) is 0 Å². The minimum Gasteiger partial charge on any atom is -0.494 e. The summed E-state index contributed by atoms with van der Waals surface area (Å²) in [4.78, 5) is 81.0. The van der Waals surface area contributed by atoms with Gasteiger partial charge >= 0.3 is 23.9 Å². The SMILES string of the molecule is C=CC(=O)OCCCCCCOc1ccc(CC(=O)[C@H]2CC[C@H](C(=O)Oc3ccc(CC(=O)[C@H]4CC[C@H](C(=O)Oc5ccc(OCCCCCCOC(=O)C=C)cc5)CC4)cc3/C=N/Nc3nc4ccccc4s3)CC2)cc1. The highest BCUT2D eigenvalue weighted by molar-refractivity contribution is 7.22. The van der Waals surface area contributed by atoms with Gasteiger partial charge in [-0.1, -0.05) is 54.8 Å². The average Bonchev–Trinajstić information content (AvgIpc) is 3.90. The van der Waals surface area contributed by atoms with E-state index in [-0.39, 0.29) is 53.6 Å². The Morgan fingerprint density at radius 2 is 1.03 bits per heavy atom. The molecule has 16 heteroatoms. The predicted octanol–water partition coefficient (Wildman–Crippen LogP) is 12.1. The largest absolute Gasteiger partial charge is 0.494 e. The van der Waals surface area contributed by atoms with Gasteiger partial charge in [0.15, 0.2) is 0 Å². The first-order chi connectivity index (χ1) is 38.0. The van der Waals surface area contributed by atoms with E-state index < -0.39 is 11.9 Å². The number of thiazole rings is 1. The molecule has 0 spiro atoms. The maximum Gasteiger partial charge on any atom is 0.330 e. The van der Waals surface area contributed by atoms with Gasteiger partial charge in [0.2, 0.25) is 5.13 Å². The number of aromatic nitrogens is 1. The quantitative estimate of drug-likeness (QED) is 0.0110. The maximum absolute atomic E-state index is 13.8. The van der Waals surface area contributed by atoms with Crippen molar-refractivity contribution in [1.82, 2.24) is 4.98 Å². The third-order valence-corrected chi connectivity index (χ3v) is 15.1. The summed E-state index contributed by atoms with van der Waals surface area (Å²) in [6.45, 7) is 8.67. The number of rotatable bonds is 31. The fraction of sp³-hybridized carbons (Fsp3) is 0.419. The Morgan fingerprint density at radius 1 is 0.551 bits per heavy atom. The third-order valence-electron chi connectivity index (χ3n) is 14.1. The summed E-state index contributed by atoms with van der Waals surface area (Å²) in [5.74, 6) is -0.114. The van der Waals surface area contributed by atoms with Gasteiger partial charge in [0.1, 0.15) is 34.6 Å². The molecule has 1 heterocycles.